The number of carboxylic acids is 1. The van der Waals surface area contributed by atoms with Gasteiger partial charge in [0.05, 0.1) is 17.6 Å². The smallest absolute Gasteiger partial charge is 0.335 e. The molecule has 0 radical (unpaired) electrons. The number of hydrogen-bond donors (Lipinski definition) is 2. The van der Waals surface area contributed by atoms with Gasteiger partial charge in [0, 0.05) is 11.9 Å². The molecule has 0 spiro atoms. The topological polar surface area (TPSA) is 101 Å². The molecule has 7 nitrogen and oxygen atoms in total. The van der Waals surface area contributed by atoms with E-state index in [1.807, 2.05) is 0 Å². The number of aromatic carboxylic acids is 1. The van der Waals surface area contributed by atoms with E-state index in [9.17, 15) is 13.2 Å². The number of carbonyl (C=O) groups is 1. The van der Waals surface area contributed by atoms with E-state index in [2.05, 4.69) is 9.71 Å². The zero-order valence-electron chi connectivity index (χ0n) is 11.6. The number of thioether (sulfide) groups is 1. The average Bonchev–Trinajstić information content (AvgIpc) is 2.79. The van der Waals surface area contributed by atoms with E-state index in [-0.39, 0.29) is 21.4 Å². The van der Waals surface area contributed by atoms with Crippen LogP contribution >= 0.6 is 23.4 Å². The predicted octanol–water partition coefficient (Wildman–Crippen LogP) is 2.29. The summed E-state index contributed by atoms with van der Waals surface area (Å²) in [6.07, 6.45) is 3.01. The minimum atomic E-state index is -3.96. The molecule has 0 atom stereocenters. The number of nitrogens with zero attached hydrogens (tertiary/aromatic N) is 2. The number of nitrogens with one attached hydrogen (secondary N) is 1. The van der Waals surface area contributed by atoms with Crippen LogP contribution in [0.1, 0.15) is 10.4 Å². The average molecular weight is 362 g/mol. The molecule has 2 aromatic rings. The van der Waals surface area contributed by atoms with Crippen LogP contribution in [0.2, 0.25) is 5.15 Å². The van der Waals surface area contributed by atoms with Crippen LogP contribution in [0, 0.1) is 0 Å². The Morgan fingerprint density at radius 1 is 1.45 bits per heavy atom. The fourth-order valence-corrected chi connectivity index (χ4v) is 3.84. The van der Waals surface area contributed by atoms with Gasteiger partial charge in [0.1, 0.15) is 5.15 Å². The SMILES string of the molecule is CSc1cc(C(=O)O)ccc1NS(=O)(=O)c1ncn(C)c1Cl. The largest absolute Gasteiger partial charge is 0.478 e. The van der Waals surface area contributed by atoms with Gasteiger partial charge in [-0.15, -0.1) is 11.8 Å². The highest BCUT2D eigenvalue weighted by Gasteiger charge is 2.23. The summed E-state index contributed by atoms with van der Waals surface area (Å²) in [5.74, 6) is -1.09. The second-order valence-electron chi connectivity index (χ2n) is 4.28. The summed E-state index contributed by atoms with van der Waals surface area (Å²) < 4.78 is 28.4. The van der Waals surface area contributed by atoms with Gasteiger partial charge < -0.3 is 9.67 Å². The lowest BCUT2D eigenvalue weighted by molar-refractivity contribution is 0.0696. The van der Waals surface area contributed by atoms with Crippen LogP contribution in [0.25, 0.3) is 0 Å². The van der Waals surface area contributed by atoms with Crippen molar-refractivity contribution >= 4 is 45.0 Å². The first-order valence-electron chi connectivity index (χ1n) is 5.87. The van der Waals surface area contributed by atoms with Crippen molar-refractivity contribution in [3.05, 3.63) is 35.2 Å². The molecule has 0 saturated carbocycles. The minimum absolute atomic E-state index is 0.0136. The van der Waals surface area contributed by atoms with E-state index in [0.29, 0.717) is 4.90 Å². The predicted molar refractivity (Wildman–Crippen MR) is 84.2 cm³/mol. The van der Waals surface area contributed by atoms with Gasteiger partial charge in [-0.1, -0.05) is 11.6 Å². The molecule has 0 fully saturated rings. The van der Waals surface area contributed by atoms with Gasteiger partial charge in [-0.05, 0) is 24.5 Å². The summed E-state index contributed by atoms with van der Waals surface area (Å²) in [7, 11) is -2.39. The number of benzene rings is 1. The Hall–Kier alpha value is -1.71. The monoisotopic (exact) mass is 361 g/mol. The first kappa shape index (κ1) is 16.7. The second kappa shape index (κ2) is 6.19. The van der Waals surface area contributed by atoms with Crippen LogP contribution in [-0.2, 0) is 17.1 Å². The third-order valence-corrected chi connectivity index (χ3v) is 5.41. The van der Waals surface area contributed by atoms with Crippen molar-refractivity contribution < 1.29 is 18.3 Å². The minimum Gasteiger partial charge on any atom is -0.478 e. The summed E-state index contributed by atoms with van der Waals surface area (Å²) in [5, 5.41) is 8.67. The third-order valence-electron chi connectivity index (χ3n) is 2.78. The standard InChI is InChI=1S/C12H12ClN3O4S2/c1-16-6-14-11(10(16)13)22(19,20)15-8-4-3-7(12(17)18)5-9(8)21-2/h3-6,15H,1-2H3,(H,17,18). The van der Waals surface area contributed by atoms with E-state index in [0.717, 1.165) is 0 Å². The molecule has 10 heteroatoms. The van der Waals surface area contributed by atoms with Gasteiger partial charge in [-0.25, -0.2) is 9.78 Å². The van der Waals surface area contributed by atoms with Gasteiger partial charge in [-0.2, -0.15) is 8.42 Å². The lowest BCUT2D eigenvalue weighted by Crippen LogP contribution is -2.15. The summed E-state index contributed by atoms with van der Waals surface area (Å²) in [6, 6.07) is 4.11. The van der Waals surface area contributed by atoms with Crippen molar-refractivity contribution in [2.24, 2.45) is 7.05 Å². The highest BCUT2D eigenvalue weighted by Crippen LogP contribution is 2.29. The Bertz CT molecular complexity index is 833. The zero-order valence-corrected chi connectivity index (χ0v) is 14.0. The van der Waals surface area contributed by atoms with Crippen LogP contribution in [-0.4, -0.2) is 35.3 Å². The molecule has 1 aromatic carbocycles. The fourth-order valence-electron chi connectivity index (χ4n) is 1.68. The normalized spacial score (nSPS) is 11.4. The molecule has 0 saturated heterocycles. The molecular formula is C12H12ClN3O4S2. The number of aryl methyl sites for hydroxylation is 1. The number of halogens is 1. The maximum atomic E-state index is 12.3. The van der Waals surface area contributed by atoms with Crippen molar-refractivity contribution in [3.8, 4) is 0 Å². The number of rotatable bonds is 5. The number of imidazole rings is 1. The number of hydrogen-bond acceptors (Lipinski definition) is 5. The molecule has 2 rings (SSSR count). The Balaban J connectivity index is 2.42. The maximum absolute atomic E-state index is 12.3. The molecule has 0 aliphatic rings. The lowest BCUT2D eigenvalue weighted by atomic mass is 10.2. The molecule has 0 aliphatic carbocycles. The van der Waals surface area contributed by atoms with Gasteiger partial charge in [0.25, 0.3) is 10.0 Å². The summed E-state index contributed by atoms with van der Waals surface area (Å²) in [5.41, 5.74) is 0.336. The van der Waals surface area contributed by atoms with E-state index >= 15 is 0 Å². The van der Waals surface area contributed by atoms with Crippen LogP contribution in [0.4, 0.5) is 5.69 Å². The summed E-state index contributed by atoms with van der Waals surface area (Å²) in [4.78, 5) is 15.2. The first-order valence-corrected chi connectivity index (χ1v) is 8.96. The number of aromatic nitrogens is 2. The highest BCUT2D eigenvalue weighted by atomic mass is 35.5. The number of carboxylic acid groups (broad SMARTS) is 1. The molecule has 1 aromatic heterocycles. The van der Waals surface area contributed by atoms with E-state index in [4.69, 9.17) is 16.7 Å². The second-order valence-corrected chi connectivity index (χ2v) is 7.08. The van der Waals surface area contributed by atoms with Gasteiger partial charge in [0.15, 0.2) is 0 Å². The zero-order chi connectivity index (χ0) is 16.5. The van der Waals surface area contributed by atoms with Crippen LogP contribution < -0.4 is 4.72 Å². The number of sulfonamides is 1. The molecule has 0 amide bonds. The Morgan fingerprint density at radius 2 is 2.14 bits per heavy atom. The van der Waals surface area contributed by atoms with E-state index < -0.39 is 16.0 Å². The molecule has 1 heterocycles. The molecule has 2 N–H and O–H groups in total. The molecule has 0 aliphatic heterocycles. The van der Waals surface area contributed by atoms with Crippen molar-refractivity contribution in [2.75, 3.05) is 11.0 Å². The molecule has 22 heavy (non-hydrogen) atoms. The maximum Gasteiger partial charge on any atom is 0.335 e. The van der Waals surface area contributed by atoms with Gasteiger partial charge in [-0.3, -0.25) is 4.72 Å². The number of anilines is 1. The van der Waals surface area contributed by atoms with Crippen molar-refractivity contribution in [1.82, 2.24) is 9.55 Å². The Labute approximate surface area is 136 Å². The molecule has 118 valence electrons. The lowest BCUT2D eigenvalue weighted by Gasteiger charge is -2.11. The van der Waals surface area contributed by atoms with Crippen LogP contribution in [0.5, 0.6) is 0 Å². The summed E-state index contributed by atoms with van der Waals surface area (Å²) >= 11 is 7.12. The Morgan fingerprint density at radius 3 is 2.64 bits per heavy atom. The van der Waals surface area contributed by atoms with Crippen molar-refractivity contribution in [3.63, 3.8) is 0 Å². The van der Waals surface area contributed by atoms with Gasteiger partial charge >= 0.3 is 5.97 Å². The van der Waals surface area contributed by atoms with Crippen molar-refractivity contribution in [1.29, 1.82) is 0 Å². The fraction of sp³-hybridized carbons (Fsp3) is 0.167. The summed E-state index contributed by atoms with van der Waals surface area (Å²) in [6.45, 7) is 0. The van der Waals surface area contributed by atoms with Gasteiger partial charge in [0.2, 0.25) is 5.03 Å². The van der Waals surface area contributed by atoms with Crippen LogP contribution in [0.3, 0.4) is 0 Å². The van der Waals surface area contributed by atoms with E-state index in [1.165, 1.54) is 40.9 Å². The van der Waals surface area contributed by atoms with Crippen molar-refractivity contribution in [2.45, 2.75) is 9.92 Å². The quantitative estimate of drug-likeness (QED) is 0.792. The highest BCUT2D eigenvalue weighted by molar-refractivity contribution is 7.99. The molecule has 0 bridgehead atoms. The molecule has 0 unspecified atom stereocenters. The van der Waals surface area contributed by atoms with E-state index in [1.54, 1.807) is 13.3 Å². The Kier molecular flexibility index (Phi) is 4.69. The first-order chi connectivity index (χ1) is 10.3. The third kappa shape index (κ3) is 3.21. The molecular weight excluding hydrogens is 350 g/mol. The van der Waals surface area contributed by atoms with Crippen LogP contribution in [0.15, 0.2) is 34.4 Å².